The molecule has 1 N–H and O–H groups in total. The Morgan fingerprint density at radius 1 is 1.24 bits per heavy atom. The van der Waals surface area contributed by atoms with Crippen LogP contribution in [0.25, 0.3) is 0 Å². The normalized spacial score (nSPS) is 11.5. The highest BCUT2D eigenvalue weighted by Crippen LogP contribution is 2.24. The molecule has 0 fully saturated rings. The van der Waals surface area contributed by atoms with Crippen LogP contribution in [-0.4, -0.2) is 23.5 Å². The van der Waals surface area contributed by atoms with Crippen molar-refractivity contribution in [1.29, 1.82) is 0 Å². The first kappa shape index (κ1) is 15.8. The van der Waals surface area contributed by atoms with E-state index in [4.69, 9.17) is 0 Å². The van der Waals surface area contributed by atoms with Crippen molar-refractivity contribution >= 4 is 22.4 Å². The maximum atomic E-state index is 4.56. The van der Waals surface area contributed by atoms with Gasteiger partial charge >= 0.3 is 0 Å². The fourth-order valence-electron chi connectivity index (χ4n) is 1.93. The summed E-state index contributed by atoms with van der Waals surface area (Å²) >= 11 is 1.43. The zero-order valence-electron chi connectivity index (χ0n) is 13.7. The van der Waals surface area contributed by atoms with Crippen LogP contribution < -0.4 is 10.2 Å². The van der Waals surface area contributed by atoms with Crippen molar-refractivity contribution in [3.8, 4) is 0 Å². The summed E-state index contributed by atoms with van der Waals surface area (Å²) in [5.74, 6) is 0.898. The molecule has 5 heteroatoms. The third kappa shape index (κ3) is 3.94. The molecule has 21 heavy (non-hydrogen) atoms. The smallest absolute Gasteiger partial charge is 0.202 e. The molecule has 0 aliphatic carbocycles. The van der Waals surface area contributed by atoms with E-state index in [9.17, 15) is 0 Å². The van der Waals surface area contributed by atoms with E-state index in [1.165, 1.54) is 28.3 Å². The Hall–Kier alpha value is -1.62. The molecule has 0 atom stereocenters. The molecular weight excluding hydrogens is 280 g/mol. The Balaban J connectivity index is 2.05. The van der Waals surface area contributed by atoms with Crippen LogP contribution in [0.3, 0.4) is 0 Å². The molecule has 0 amide bonds. The van der Waals surface area contributed by atoms with E-state index in [0.717, 1.165) is 17.5 Å². The number of rotatable bonds is 4. The van der Waals surface area contributed by atoms with Gasteiger partial charge in [0.25, 0.3) is 0 Å². The van der Waals surface area contributed by atoms with E-state index in [2.05, 4.69) is 79.6 Å². The molecular formula is C16H24N4S. The Morgan fingerprint density at radius 3 is 2.48 bits per heavy atom. The number of aromatic nitrogens is 2. The Labute approximate surface area is 131 Å². The van der Waals surface area contributed by atoms with Crippen LogP contribution in [0.4, 0.5) is 10.8 Å². The van der Waals surface area contributed by atoms with Gasteiger partial charge in [0, 0.05) is 43.3 Å². The molecule has 0 radical (unpaired) electrons. The van der Waals surface area contributed by atoms with E-state index in [-0.39, 0.29) is 5.41 Å². The molecule has 1 aromatic carbocycles. The summed E-state index contributed by atoms with van der Waals surface area (Å²) < 4.78 is 4.42. The van der Waals surface area contributed by atoms with Crippen LogP contribution in [-0.2, 0) is 12.0 Å². The molecule has 0 unspecified atom stereocenters. The quantitative estimate of drug-likeness (QED) is 0.932. The summed E-state index contributed by atoms with van der Waals surface area (Å²) in [4.78, 5) is 6.68. The second-order valence-electron chi connectivity index (χ2n) is 6.53. The third-order valence-corrected chi connectivity index (χ3v) is 4.04. The SMILES string of the molecule is Cc1cc(N(C)C)ccc1CNc1nc(C(C)(C)C)ns1. The van der Waals surface area contributed by atoms with Gasteiger partial charge in [0.15, 0.2) is 0 Å². The topological polar surface area (TPSA) is 41.0 Å². The number of hydrogen-bond donors (Lipinski definition) is 1. The largest absolute Gasteiger partial charge is 0.378 e. The summed E-state index contributed by atoms with van der Waals surface area (Å²) in [5.41, 5.74) is 3.80. The highest BCUT2D eigenvalue weighted by molar-refractivity contribution is 7.09. The Kier molecular flexibility index (Phi) is 4.52. The van der Waals surface area contributed by atoms with E-state index >= 15 is 0 Å². The summed E-state index contributed by atoms with van der Waals surface area (Å²) in [5, 5.41) is 4.26. The Bertz CT molecular complexity index is 611. The van der Waals surface area contributed by atoms with Crippen LogP contribution in [0.2, 0.25) is 0 Å². The number of anilines is 2. The first-order valence-electron chi connectivity index (χ1n) is 7.12. The van der Waals surface area contributed by atoms with Gasteiger partial charge in [0.05, 0.1) is 0 Å². The van der Waals surface area contributed by atoms with E-state index in [0.29, 0.717) is 0 Å². The average Bonchev–Trinajstić information content (AvgIpc) is 2.85. The van der Waals surface area contributed by atoms with Crippen molar-refractivity contribution in [2.45, 2.75) is 39.7 Å². The molecule has 2 aromatic rings. The average molecular weight is 304 g/mol. The summed E-state index contributed by atoms with van der Waals surface area (Å²) in [6.07, 6.45) is 0. The van der Waals surface area contributed by atoms with E-state index in [1.807, 2.05) is 0 Å². The third-order valence-electron chi connectivity index (χ3n) is 3.37. The number of nitrogens with zero attached hydrogens (tertiary/aromatic N) is 3. The molecule has 2 rings (SSSR count). The number of hydrogen-bond acceptors (Lipinski definition) is 5. The van der Waals surface area contributed by atoms with Crippen molar-refractivity contribution in [3.63, 3.8) is 0 Å². The first-order chi connectivity index (χ1) is 9.77. The van der Waals surface area contributed by atoms with E-state index < -0.39 is 0 Å². The zero-order valence-corrected chi connectivity index (χ0v) is 14.5. The number of nitrogens with one attached hydrogen (secondary N) is 1. The fraction of sp³-hybridized carbons (Fsp3) is 0.500. The lowest BCUT2D eigenvalue weighted by Gasteiger charge is -2.15. The molecule has 4 nitrogen and oxygen atoms in total. The lowest BCUT2D eigenvalue weighted by Crippen LogP contribution is -2.13. The highest BCUT2D eigenvalue weighted by atomic mass is 32.1. The maximum absolute atomic E-state index is 4.56. The molecule has 114 valence electrons. The highest BCUT2D eigenvalue weighted by Gasteiger charge is 2.19. The molecule has 0 bridgehead atoms. The van der Waals surface area contributed by atoms with Gasteiger partial charge < -0.3 is 10.2 Å². The van der Waals surface area contributed by atoms with Crippen LogP contribution in [0.1, 0.15) is 37.7 Å². The minimum atomic E-state index is -0.000292. The van der Waals surface area contributed by atoms with Crippen LogP contribution >= 0.6 is 11.5 Å². The van der Waals surface area contributed by atoms with Crippen molar-refractivity contribution in [2.24, 2.45) is 0 Å². The summed E-state index contributed by atoms with van der Waals surface area (Å²) in [6, 6.07) is 6.52. The van der Waals surface area contributed by atoms with Gasteiger partial charge in [-0.05, 0) is 30.2 Å². The van der Waals surface area contributed by atoms with Gasteiger partial charge in [-0.25, -0.2) is 4.98 Å². The van der Waals surface area contributed by atoms with Crippen LogP contribution in [0.5, 0.6) is 0 Å². The van der Waals surface area contributed by atoms with Crippen LogP contribution in [0.15, 0.2) is 18.2 Å². The maximum Gasteiger partial charge on any atom is 0.202 e. The fourth-order valence-corrected chi connectivity index (χ4v) is 2.68. The first-order valence-corrected chi connectivity index (χ1v) is 7.89. The van der Waals surface area contributed by atoms with Crippen molar-refractivity contribution in [3.05, 3.63) is 35.2 Å². The second-order valence-corrected chi connectivity index (χ2v) is 7.28. The van der Waals surface area contributed by atoms with Crippen molar-refractivity contribution in [2.75, 3.05) is 24.3 Å². The lowest BCUT2D eigenvalue weighted by molar-refractivity contribution is 0.555. The molecule has 0 aliphatic rings. The molecule has 1 heterocycles. The molecule has 0 saturated carbocycles. The standard InChI is InChI=1S/C16H24N4S/c1-11-9-13(20(5)6)8-7-12(11)10-17-15-18-14(19-21-15)16(2,3)4/h7-9H,10H2,1-6H3,(H,17,18,19). The minimum Gasteiger partial charge on any atom is -0.378 e. The molecule has 1 aromatic heterocycles. The number of benzene rings is 1. The molecule has 0 aliphatic heterocycles. The molecule has 0 saturated heterocycles. The van der Waals surface area contributed by atoms with Gasteiger partial charge in [-0.3, -0.25) is 0 Å². The predicted octanol–water partition coefficient (Wildman–Crippen LogP) is 3.82. The van der Waals surface area contributed by atoms with E-state index in [1.54, 1.807) is 0 Å². The minimum absolute atomic E-state index is 0.000292. The summed E-state index contributed by atoms with van der Waals surface area (Å²) in [7, 11) is 4.12. The van der Waals surface area contributed by atoms with Gasteiger partial charge in [-0.2, -0.15) is 4.37 Å². The monoisotopic (exact) mass is 304 g/mol. The van der Waals surface area contributed by atoms with Gasteiger partial charge in [0.2, 0.25) is 5.13 Å². The Morgan fingerprint density at radius 2 is 1.95 bits per heavy atom. The van der Waals surface area contributed by atoms with Crippen molar-refractivity contribution in [1.82, 2.24) is 9.36 Å². The molecule has 0 spiro atoms. The predicted molar refractivity (Wildman–Crippen MR) is 91.4 cm³/mol. The summed E-state index contributed by atoms with van der Waals surface area (Å²) in [6.45, 7) is 9.30. The van der Waals surface area contributed by atoms with Gasteiger partial charge in [0.1, 0.15) is 5.82 Å². The zero-order chi connectivity index (χ0) is 15.6. The van der Waals surface area contributed by atoms with Crippen LogP contribution in [0, 0.1) is 6.92 Å². The number of aryl methyl sites for hydroxylation is 1. The lowest BCUT2D eigenvalue weighted by atomic mass is 9.96. The van der Waals surface area contributed by atoms with Gasteiger partial charge in [-0.1, -0.05) is 26.8 Å². The second kappa shape index (κ2) is 6.02. The van der Waals surface area contributed by atoms with Crippen molar-refractivity contribution < 1.29 is 0 Å². The van der Waals surface area contributed by atoms with Gasteiger partial charge in [-0.15, -0.1) is 0 Å².